The molecule has 0 spiro atoms. The van der Waals surface area contributed by atoms with Crippen LogP contribution in [-0.4, -0.2) is 51.4 Å². The smallest absolute Gasteiger partial charge is 0.241 e. The molecule has 196 valence electrons. The number of sulfonamides is 1. The zero-order valence-electron chi connectivity index (χ0n) is 21.8. The number of aryl methyl sites for hydroxylation is 4. The lowest BCUT2D eigenvalue weighted by molar-refractivity contribution is -0.133. The first-order chi connectivity index (χ1) is 17.5. The molecule has 1 aliphatic rings. The quantitative estimate of drug-likeness (QED) is 0.468. The molecule has 6 nitrogen and oxygen atoms in total. The van der Waals surface area contributed by atoms with Crippen LogP contribution in [0.5, 0.6) is 0 Å². The Morgan fingerprint density at radius 2 is 1.51 bits per heavy atom. The second-order valence-electron chi connectivity index (χ2n) is 9.83. The molecule has 0 unspecified atom stereocenters. The van der Waals surface area contributed by atoms with Crippen LogP contribution in [0.1, 0.15) is 27.8 Å². The summed E-state index contributed by atoms with van der Waals surface area (Å²) in [5.74, 6) is -0.211. The van der Waals surface area contributed by atoms with Gasteiger partial charge >= 0.3 is 0 Å². The second kappa shape index (κ2) is 11.3. The van der Waals surface area contributed by atoms with Crippen molar-refractivity contribution in [2.75, 3.05) is 31.1 Å². The van der Waals surface area contributed by atoms with Gasteiger partial charge in [-0.25, -0.2) is 8.42 Å². The number of hydrogen-bond acceptors (Lipinski definition) is 4. The maximum Gasteiger partial charge on any atom is 0.241 e. The minimum Gasteiger partial charge on any atom is -0.368 e. The number of hydrogen-bond donors (Lipinski definition) is 1. The molecule has 3 aromatic carbocycles. The molecule has 1 saturated heterocycles. The number of carbonyl (C=O) groups is 1. The van der Waals surface area contributed by atoms with Crippen LogP contribution in [0, 0.1) is 27.7 Å². The van der Waals surface area contributed by atoms with Gasteiger partial charge in [0.15, 0.2) is 0 Å². The topological polar surface area (TPSA) is 69.7 Å². The number of amides is 1. The molecule has 1 atom stereocenters. The number of nitrogens with zero attached hydrogens (tertiary/aromatic N) is 2. The minimum absolute atomic E-state index is 0.211. The first-order valence-corrected chi connectivity index (χ1v) is 14.4. The molecule has 0 bridgehead atoms. The van der Waals surface area contributed by atoms with E-state index in [1.54, 1.807) is 18.7 Å². The van der Waals surface area contributed by atoms with Crippen molar-refractivity contribution in [3.05, 3.63) is 93.5 Å². The van der Waals surface area contributed by atoms with Crippen LogP contribution < -0.4 is 9.62 Å². The Morgan fingerprint density at radius 3 is 2.14 bits per heavy atom. The Hall–Kier alpha value is -2.87. The van der Waals surface area contributed by atoms with Crippen molar-refractivity contribution in [1.82, 2.24) is 9.62 Å². The average molecular weight is 540 g/mol. The van der Waals surface area contributed by atoms with Crippen molar-refractivity contribution in [3.63, 3.8) is 0 Å². The van der Waals surface area contributed by atoms with Gasteiger partial charge in [-0.2, -0.15) is 4.72 Å². The molecule has 1 heterocycles. The summed E-state index contributed by atoms with van der Waals surface area (Å²) in [4.78, 5) is 18.0. The predicted octanol–water partition coefficient (Wildman–Crippen LogP) is 4.81. The highest BCUT2D eigenvalue weighted by Gasteiger charge is 2.32. The number of benzene rings is 3. The summed E-state index contributed by atoms with van der Waals surface area (Å²) in [6.07, 6.45) is 0.274. The second-order valence-corrected chi connectivity index (χ2v) is 11.9. The van der Waals surface area contributed by atoms with E-state index in [0.29, 0.717) is 42.3 Å². The Morgan fingerprint density at radius 1 is 0.892 bits per heavy atom. The Labute approximate surface area is 225 Å². The van der Waals surface area contributed by atoms with Gasteiger partial charge in [0, 0.05) is 36.9 Å². The molecular weight excluding hydrogens is 506 g/mol. The summed E-state index contributed by atoms with van der Waals surface area (Å²) in [5, 5.41) is 0.679. The van der Waals surface area contributed by atoms with E-state index >= 15 is 0 Å². The fourth-order valence-electron chi connectivity index (χ4n) is 5.18. The number of carbonyl (C=O) groups excluding carboxylic acids is 1. The third-order valence-corrected chi connectivity index (χ3v) is 8.87. The van der Waals surface area contributed by atoms with Crippen molar-refractivity contribution >= 4 is 33.2 Å². The van der Waals surface area contributed by atoms with Crippen LogP contribution >= 0.6 is 11.6 Å². The summed E-state index contributed by atoms with van der Waals surface area (Å²) < 4.78 is 29.9. The highest BCUT2D eigenvalue weighted by Crippen LogP contribution is 2.26. The molecular formula is C29H34ClN3O3S. The molecule has 1 N–H and O–H groups in total. The molecule has 1 amide bonds. The SMILES string of the molecule is Cc1cc(C)c(S(=O)(=O)N[C@@H](Cc2ccccc2)C(=O)N2CCN(c3cc(Cl)ccc3C)CC2)c(C)c1. The zero-order chi connectivity index (χ0) is 26.7. The number of nitrogens with one attached hydrogen (secondary N) is 1. The van der Waals surface area contributed by atoms with Gasteiger partial charge in [0.2, 0.25) is 15.9 Å². The summed E-state index contributed by atoms with van der Waals surface area (Å²) in [7, 11) is -3.93. The largest absolute Gasteiger partial charge is 0.368 e. The lowest BCUT2D eigenvalue weighted by Gasteiger charge is -2.38. The van der Waals surface area contributed by atoms with Gasteiger partial charge in [-0.1, -0.05) is 65.7 Å². The first kappa shape index (κ1) is 27.2. The summed E-state index contributed by atoms with van der Waals surface area (Å²) in [5.41, 5.74) is 5.42. The third kappa shape index (κ3) is 6.35. The van der Waals surface area contributed by atoms with Gasteiger partial charge in [-0.05, 0) is 68.5 Å². The van der Waals surface area contributed by atoms with E-state index < -0.39 is 16.1 Å². The normalized spacial score (nSPS) is 15.1. The van der Waals surface area contributed by atoms with Crippen molar-refractivity contribution in [3.8, 4) is 0 Å². The molecule has 1 aliphatic heterocycles. The summed E-state index contributed by atoms with van der Waals surface area (Å²) in [6.45, 7) is 9.86. The van der Waals surface area contributed by atoms with E-state index in [-0.39, 0.29) is 17.2 Å². The molecule has 3 aromatic rings. The van der Waals surface area contributed by atoms with Crippen LogP contribution in [0.15, 0.2) is 65.6 Å². The lowest BCUT2D eigenvalue weighted by Crippen LogP contribution is -2.55. The molecule has 8 heteroatoms. The van der Waals surface area contributed by atoms with E-state index in [9.17, 15) is 13.2 Å². The molecule has 0 radical (unpaired) electrons. The fraction of sp³-hybridized carbons (Fsp3) is 0.345. The molecule has 0 saturated carbocycles. The zero-order valence-corrected chi connectivity index (χ0v) is 23.4. The third-order valence-electron chi connectivity index (χ3n) is 6.85. The maximum absolute atomic E-state index is 13.8. The highest BCUT2D eigenvalue weighted by atomic mass is 35.5. The standard InChI is InChI=1S/C29H34ClN3O3S/c1-20-16-22(3)28(23(4)17-20)37(35,36)31-26(18-24-8-6-5-7-9-24)29(34)33-14-12-32(13-15-33)27-19-25(30)11-10-21(27)2/h5-11,16-17,19,26,31H,12-15,18H2,1-4H3/t26-/m0/s1. The van der Waals surface area contributed by atoms with Crippen LogP contribution in [0.3, 0.4) is 0 Å². The van der Waals surface area contributed by atoms with Crippen LogP contribution in [-0.2, 0) is 21.2 Å². The molecule has 4 rings (SSSR count). The van der Waals surface area contributed by atoms with Crippen molar-refractivity contribution < 1.29 is 13.2 Å². The Balaban J connectivity index is 1.56. The summed E-state index contributed by atoms with van der Waals surface area (Å²) >= 11 is 6.22. The number of rotatable bonds is 7. The number of piperazine rings is 1. The van der Waals surface area contributed by atoms with Crippen molar-refractivity contribution in [2.45, 2.75) is 45.1 Å². The Kier molecular flexibility index (Phi) is 8.26. The number of halogens is 1. The lowest BCUT2D eigenvalue weighted by atomic mass is 10.1. The summed E-state index contributed by atoms with van der Waals surface area (Å²) in [6, 6.07) is 18.1. The van der Waals surface area contributed by atoms with E-state index in [1.165, 1.54) is 0 Å². The van der Waals surface area contributed by atoms with Crippen molar-refractivity contribution in [1.29, 1.82) is 0 Å². The highest BCUT2D eigenvalue weighted by molar-refractivity contribution is 7.89. The number of anilines is 1. The molecule has 0 aromatic heterocycles. The van der Waals surface area contributed by atoms with Gasteiger partial charge in [-0.3, -0.25) is 4.79 Å². The van der Waals surface area contributed by atoms with Gasteiger partial charge in [-0.15, -0.1) is 0 Å². The van der Waals surface area contributed by atoms with E-state index in [2.05, 4.69) is 9.62 Å². The monoisotopic (exact) mass is 539 g/mol. The average Bonchev–Trinajstić information content (AvgIpc) is 2.84. The van der Waals surface area contributed by atoms with Gasteiger partial charge < -0.3 is 9.80 Å². The molecule has 37 heavy (non-hydrogen) atoms. The predicted molar refractivity (Wildman–Crippen MR) is 150 cm³/mol. The van der Waals surface area contributed by atoms with Gasteiger partial charge in [0.25, 0.3) is 0 Å². The van der Waals surface area contributed by atoms with Crippen LogP contribution in [0.25, 0.3) is 0 Å². The van der Waals surface area contributed by atoms with E-state index in [4.69, 9.17) is 11.6 Å². The molecule has 1 fully saturated rings. The van der Waals surface area contributed by atoms with Gasteiger partial charge in [0.1, 0.15) is 6.04 Å². The molecule has 0 aliphatic carbocycles. The van der Waals surface area contributed by atoms with E-state index in [1.807, 2.05) is 74.5 Å². The Bertz CT molecular complexity index is 1360. The van der Waals surface area contributed by atoms with Gasteiger partial charge in [0.05, 0.1) is 4.90 Å². The van der Waals surface area contributed by atoms with Crippen LogP contribution in [0.2, 0.25) is 5.02 Å². The minimum atomic E-state index is -3.93. The first-order valence-electron chi connectivity index (χ1n) is 12.5. The maximum atomic E-state index is 13.8. The fourth-order valence-corrected chi connectivity index (χ4v) is 6.99. The van der Waals surface area contributed by atoms with E-state index in [0.717, 1.165) is 22.4 Å². The van der Waals surface area contributed by atoms with Crippen molar-refractivity contribution in [2.24, 2.45) is 0 Å². The van der Waals surface area contributed by atoms with Crippen LogP contribution in [0.4, 0.5) is 5.69 Å².